The Hall–Kier alpha value is -2.62. The number of nitrogens with zero attached hydrogens (tertiary/aromatic N) is 1. The first-order valence-electron chi connectivity index (χ1n) is 5.51. The summed E-state index contributed by atoms with van der Waals surface area (Å²) in [4.78, 5) is 10.9. The number of aromatic amines is 1. The second-order valence-electron chi connectivity index (χ2n) is 4.01. The van der Waals surface area contributed by atoms with Gasteiger partial charge in [-0.25, -0.2) is 0 Å². The fraction of sp³-hybridized carbons (Fsp3) is 0. The second-order valence-corrected chi connectivity index (χ2v) is 4.01. The number of aldehydes is 1. The molecule has 3 aromatic rings. The van der Waals surface area contributed by atoms with E-state index in [-0.39, 0.29) is 5.75 Å². The van der Waals surface area contributed by atoms with Crippen molar-refractivity contribution in [2.24, 2.45) is 0 Å². The van der Waals surface area contributed by atoms with Gasteiger partial charge in [0, 0.05) is 16.5 Å². The number of rotatable bonds is 2. The van der Waals surface area contributed by atoms with E-state index in [2.05, 4.69) is 10.2 Å². The molecule has 0 unspecified atom stereocenters. The molecule has 88 valence electrons. The average molecular weight is 238 g/mol. The highest BCUT2D eigenvalue weighted by molar-refractivity contribution is 6.01. The van der Waals surface area contributed by atoms with Gasteiger partial charge < -0.3 is 5.11 Å². The van der Waals surface area contributed by atoms with Gasteiger partial charge in [-0.2, -0.15) is 5.10 Å². The van der Waals surface area contributed by atoms with Crippen LogP contribution >= 0.6 is 0 Å². The van der Waals surface area contributed by atoms with Crippen molar-refractivity contribution in [2.75, 3.05) is 0 Å². The fourth-order valence-corrected chi connectivity index (χ4v) is 2.00. The van der Waals surface area contributed by atoms with E-state index in [9.17, 15) is 9.90 Å². The van der Waals surface area contributed by atoms with Gasteiger partial charge in [0.15, 0.2) is 6.29 Å². The van der Waals surface area contributed by atoms with Crippen LogP contribution in [0.5, 0.6) is 5.75 Å². The van der Waals surface area contributed by atoms with E-state index in [4.69, 9.17) is 0 Å². The summed E-state index contributed by atoms with van der Waals surface area (Å²) in [6.07, 6.45) is 0.795. The molecule has 2 N–H and O–H groups in total. The molecule has 0 spiro atoms. The largest absolute Gasteiger partial charge is 0.508 e. The number of carbonyl (C=O) groups excluding carboxylic acids is 1. The van der Waals surface area contributed by atoms with E-state index in [1.165, 1.54) is 0 Å². The lowest BCUT2D eigenvalue weighted by atomic mass is 10.1. The van der Waals surface area contributed by atoms with Gasteiger partial charge in [-0.05, 0) is 30.3 Å². The van der Waals surface area contributed by atoms with Crippen LogP contribution in [0.15, 0.2) is 42.5 Å². The fourth-order valence-electron chi connectivity index (χ4n) is 2.00. The van der Waals surface area contributed by atoms with E-state index in [0.717, 1.165) is 22.9 Å². The molecule has 4 heteroatoms. The van der Waals surface area contributed by atoms with Crippen LogP contribution < -0.4 is 0 Å². The molecule has 1 aromatic heterocycles. The van der Waals surface area contributed by atoms with E-state index >= 15 is 0 Å². The van der Waals surface area contributed by atoms with E-state index in [0.29, 0.717) is 11.1 Å². The monoisotopic (exact) mass is 238 g/mol. The Labute approximate surface area is 103 Å². The third-order valence-electron chi connectivity index (χ3n) is 2.90. The maximum Gasteiger partial charge on any atom is 0.152 e. The molecule has 0 fully saturated rings. The topological polar surface area (TPSA) is 66.0 Å². The lowest BCUT2D eigenvalue weighted by molar-refractivity contribution is 0.112. The summed E-state index contributed by atoms with van der Waals surface area (Å²) in [5, 5.41) is 17.3. The number of carbonyl (C=O) groups is 1. The summed E-state index contributed by atoms with van der Waals surface area (Å²) in [6, 6.07) is 12.3. The number of aromatic nitrogens is 2. The zero-order chi connectivity index (χ0) is 12.5. The molecule has 0 atom stereocenters. The van der Waals surface area contributed by atoms with Crippen LogP contribution in [0.25, 0.3) is 22.2 Å². The number of benzene rings is 2. The molecule has 0 aliphatic heterocycles. The number of aromatic hydroxyl groups is 1. The summed E-state index contributed by atoms with van der Waals surface area (Å²) in [5.41, 5.74) is 2.98. The van der Waals surface area contributed by atoms with Crippen molar-refractivity contribution in [1.82, 2.24) is 10.2 Å². The van der Waals surface area contributed by atoms with Crippen LogP contribution in [-0.4, -0.2) is 21.6 Å². The van der Waals surface area contributed by atoms with Crippen LogP contribution in [0.1, 0.15) is 10.4 Å². The van der Waals surface area contributed by atoms with Gasteiger partial charge in [0.1, 0.15) is 11.3 Å². The SMILES string of the molecule is O=Cc1cccc2c(-c3ccc(O)cc3)[nH]nc12. The van der Waals surface area contributed by atoms with E-state index < -0.39 is 0 Å². The Bertz CT molecular complexity index is 714. The van der Waals surface area contributed by atoms with E-state index in [1.54, 1.807) is 30.3 Å². The molecule has 3 rings (SSSR count). The molecular formula is C14H10N2O2. The Morgan fingerprint density at radius 3 is 2.61 bits per heavy atom. The maximum atomic E-state index is 10.9. The third-order valence-corrected chi connectivity index (χ3v) is 2.90. The highest BCUT2D eigenvalue weighted by atomic mass is 16.3. The molecule has 2 aromatic carbocycles. The first-order valence-corrected chi connectivity index (χ1v) is 5.51. The normalized spacial score (nSPS) is 10.7. The van der Waals surface area contributed by atoms with Gasteiger partial charge in [-0.15, -0.1) is 0 Å². The molecule has 0 bridgehead atoms. The van der Waals surface area contributed by atoms with Crippen molar-refractivity contribution in [3.05, 3.63) is 48.0 Å². The molecule has 0 aliphatic rings. The zero-order valence-corrected chi connectivity index (χ0v) is 9.42. The number of phenolic OH excluding ortho intramolecular Hbond substituents is 1. The first kappa shape index (κ1) is 10.5. The molecule has 0 amide bonds. The van der Waals surface area contributed by atoms with Gasteiger partial charge >= 0.3 is 0 Å². The minimum atomic E-state index is 0.219. The van der Waals surface area contributed by atoms with Crippen molar-refractivity contribution in [3.63, 3.8) is 0 Å². The number of hydrogen-bond acceptors (Lipinski definition) is 3. The van der Waals surface area contributed by atoms with Crippen LogP contribution in [-0.2, 0) is 0 Å². The Morgan fingerprint density at radius 1 is 1.11 bits per heavy atom. The van der Waals surface area contributed by atoms with Crippen molar-refractivity contribution < 1.29 is 9.90 Å². The number of phenols is 1. The number of H-pyrrole nitrogens is 1. The van der Waals surface area contributed by atoms with Crippen LogP contribution in [0.3, 0.4) is 0 Å². The standard InChI is InChI=1S/C14H10N2O2/c17-8-10-2-1-3-12-13(15-16-14(10)12)9-4-6-11(18)7-5-9/h1-8,18H,(H,15,16). The Kier molecular flexibility index (Phi) is 2.34. The van der Waals surface area contributed by atoms with Crippen molar-refractivity contribution >= 4 is 17.2 Å². The maximum absolute atomic E-state index is 10.9. The quantitative estimate of drug-likeness (QED) is 0.674. The lowest BCUT2D eigenvalue weighted by Gasteiger charge is -1.99. The molecule has 0 aliphatic carbocycles. The molecule has 0 saturated heterocycles. The molecule has 4 nitrogen and oxygen atoms in total. The molecule has 0 radical (unpaired) electrons. The van der Waals surface area contributed by atoms with Crippen LogP contribution in [0.4, 0.5) is 0 Å². The second kappa shape index (κ2) is 4.00. The predicted octanol–water partition coefficient (Wildman–Crippen LogP) is 2.75. The summed E-state index contributed by atoms with van der Waals surface area (Å²) >= 11 is 0. The summed E-state index contributed by atoms with van der Waals surface area (Å²) in [6.45, 7) is 0. The Balaban J connectivity index is 2.24. The van der Waals surface area contributed by atoms with Crippen LogP contribution in [0.2, 0.25) is 0 Å². The number of nitrogens with one attached hydrogen (secondary N) is 1. The van der Waals surface area contributed by atoms with Gasteiger partial charge in [0.05, 0.1) is 5.69 Å². The first-order chi connectivity index (χ1) is 8.79. The minimum absolute atomic E-state index is 0.219. The summed E-state index contributed by atoms with van der Waals surface area (Å²) < 4.78 is 0. The highest BCUT2D eigenvalue weighted by Crippen LogP contribution is 2.28. The van der Waals surface area contributed by atoms with Crippen molar-refractivity contribution in [2.45, 2.75) is 0 Å². The zero-order valence-electron chi connectivity index (χ0n) is 9.42. The Morgan fingerprint density at radius 2 is 1.89 bits per heavy atom. The average Bonchev–Trinajstić information content (AvgIpc) is 2.83. The lowest BCUT2D eigenvalue weighted by Crippen LogP contribution is -1.81. The molecular weight excluding hydrogens is 228 g/mol. The highest BCUT2D eigenvalue weighted by Gasteiger charge is 2.10. The number of para-hydroxylation sites is 1. The van der Waals surface area contributed by atoms with Crippen molar-refractivity contribution in [1.29, 1.82) is 0 Å². The molecule has 18 heavy (non-hydrogen) atoms. The van der Waals surface area contributed by atoms with Gasteiger partial charge in [-0.1, -0.05) is 12.1 Å². The molecule has 0 saturated carbocycles. The van der Waals surface area contributed by atoms with E-state index in [1.807, 2.05) is 12.1 Å². The summed E-state index contributed by atoms with van der Waals surface area (Å²) in [5.74, 6) is 0.219. The summed E-state index contributed by atoms with van der Waals surface area (Å²) in [7, 11) is 0. The minimum Gasteiger partial charge on any atom is -0.508 e. The number of hydrogen-bond donors (Lipinski definition) is 2. The molecule has 1 heterocycles. The third kappa shape index (κ3) is 1.55. The van der Waals surface area contributed by atoms with Gasteiger partial charge in [-0.3, -0.25) is 9.89 Å². The smallest absolute Gasteiger partial charge is 0.152 e. The van der Waals surface area contributed by atoms with Gasteiger partial charge in [0.2, 0.25) is 0 Å². The predicted molar refractivity (Wildman–Crippen MR) is 68.6 cm³/mol. The van der Waals surface area contributed by atoms with Crippen molar-refractivity contribution in [3.8, 4) is 17.0 Å². The van der Waals surface area contributed by atoms with Gasteiger partial charge in [0.25, 0.3) is 0 Å². The van der Waals surface area contributed by atoms with Crippen LogP contribution in [0, 0.1) is 0 Å². The number of fused-ring (bicyclic) bond motifs is 1.